The van der Waals surface area contributed by atoms with Crippen LogP contribution in [0.4, 0.5) is 4.79 Å². The van der Waals surface area contributed by atoms with Gasteiger partial charge in [0.1, 0.15) is 11.2 Å². The molecule has 3 heterocycles. The van der Waals surface area contributed by atoms with Gasteiger partial charge in [0.05, 0.1) is 14.6 Å². The van der Waals surface area contributed by atoms with E-state index < -0.39 is 17.8 Å². The SMILES string of the molecule is [2H]C(O)c1cc2c(s1)[C@]1(CCN(C(=O)OC(C)(C)C)[C@@H](C)C1)OCC2. The maximum atomic E-state index is 12.4. The minimum absolute atomic E-state index is 0.000949. The molecule has 3 rings (SSSR count). The van der Waals surface area contributed by atoms with E-state index in [1.54, 1.807) is 4.90 Å². The summed E-state index contributed by atoms with van der Waals surface area (Å²) in [6, 6.07) is 1.94. The molecule has 1 aromatic heterocycles. The minimum atomic E-state index is -1.20. The van der Waals surface area contributed by atoms with Crippen molar-refractivity contribution in [1.29, 1.82) is 0 Å². The van der Waals surface area contributed by atoms with Crippen LogP contribution in [-0.2, 0) is 28.1 Å². The Morgan fingerprint density at radius 1 is 1.62 bits per heavy atom. The number of thiophene rings is 1. The fourth-order valence-corrected chi connectivity index (χ4v) is 4.86. The van der Waals surface area contributed by atoms with Crippen LogP contribution in [0.3, 0.4) is 0 Å². The molecule has 2 aliphatic heterocycles. The van der Waals surface area contributed by atoms with E-state index in [2.05, 4.69) is 0 Å². The van der Waals surface area contributed by atoms with Crippen molar-refractivity contribution >= 4 is 17.4 Å². The number of nitrogens with zero attached hydrogens (tertiary/aromatic N) is 1. The second-order valence-electron chi connectivity index (χ2n) is 7.70. The van der Waals surface area contributed by atoms with Crippen molar-refractivity contribution in [1.82, 2.24) is 4.90 Å². The first kappa shape index (κ1) is 16.4. The number of amides is 1. The monoisotopic (exact) mass is 354 g/mol. The van der Waals surface area contributed by atoms with Gasteiger partial charge < -0.3 is 19.5 Å². The van der Waals surface area contributed by atoms with Gasteiger partial charge >= 0.3 is 6.09 Å². The number of likely N-dealkylation sites (tertiary alicyclic amines) is 1. The molecule has 0 saturated carbocycles. The van der Waals surface area contributed by atoms with Gasteiger partial charge in [0.15, 0.2) is 0 Å². The molecule has 0 aliphatic carbocycles. The van der Waals surface area contributed by atoms with Crippen LogP contribution in [0.5, 0.6) is 0 Å². The zero-order chi connectivity index (χ0) is 18.4. The van der Waals surface area contributed by atoms with E-state index in [0.717, 1.165) is 11.3 Å². The lowest BCUT2D eigenvalue weighted by molar-refractivity contribution is -0.108. The first-order valence-electron chi connectivity index (χ1n) is 9.06. The maximum absolute atomic E-state index is 12.4. The van der Waals surface area contributed by atoms with Gasteiger partial charge in [-0.3, -0.25) is 0 Å². The average Bonchev–Trinajstić information content (AvgIpc) is 2.91. The molecule has 1 spiro atoms. The number of hydrogen-bond donors (Lipinski definition) is 1. The predicted octanol–water partition coefficient (Wildman–Crippen LogP) is 3.43. The highest BCUT2D eigenvalue weighted by Crippen LogP contribution is 2.47. The molecule has 2 aliphatic rings. The van der Waals surface area contributed by atoms with Crippen LogP contribution in [0.2, 0.25) is 0 Å². The number of piperidine rings is 1. The highest BCUT2D eigenvalue weighted by Gasteiger charge is 2.46. The first-order chi connectivity index (χ1) is 11.6. The molecule has 1 amide bonds. The summed E-state index contributed by atoms with van der Waals surface area (Å²) >= 11 is 1.47. The molecule has 1 fully saturated rings. The van der Waals surface area contributed by atoms with Crippen LogP contribution in [0.15, 0.2) is 6.07 Å². The minimum Gasteiger partial charge on any atom is -0.444 e. The van der Waals surface area contributed by atoms with E-state index in [4.69, 9.17) is 10.8 Å². The molecular weight excluding hydrogens is 326 g/mol. The van der Waals surface area contributed by atoms with Crippen molar-refractivity contribution in [2.24, 2.45) is 0 Å². The largest absolute Gasteiger partial charge is 0.444 e. The van der Waals surface area contributed by atoms with Gasteiger partial charge in [-0.1, -0.05) is 0 Å². The van der Waals surface area contributed by atoms with Crippen molar-refractivity contribution in [2.45, 2.75) is 70.8 Å². The van der Waals surface area contributed by atoms with Gasteiger partial charge in [0.25, 0.3) is 0 Å². The van der Waals surface area contributed by atoms with Crippen LogP contribution in [-0.4, -0.2) is 40.9 Å². The second-order valence-corrected chi connectivity index (χ2v) is 8.79. The lowest BCUT2D eigenvalue weighted by Gasteiger charge is -2.46. The van der Waals surface area contributed by atoms with Gasteiger partial charge in [0, 0.05) is 28.8 Å². The summed E-state index contributed by atoms with van der Waals surface area (Å²) in [6.45, 7) is 7.65. The van der Waals surface area contributed by atoms with E-state index in [1.165, 1.54) is 16.9 Å². The van der Waals surface area contributed by atoms with E-state index >= 15 is 0 Å². The molecule has 6 heteroatoms. The van der Waals surface area contributed by atoms with Crippen molar-refractivity contribution in [2.75, 3.05) is 13.2 Å². The number of carbonyl (C=O) groups is 1. The molecule has 0 bridgehead atoms. The summed E-state index contributed by atoms with van der Waals surface area (Å²) in [4.78, 5) is 16.0. The molecule has 134 valence electrons. The molecule has 0 radical (unpaired) electrons. The van der Waals surface area contributed by atoms with Gasteiger partial charge in [-0.25, -0.2) is 4.79 Å². The smallest absolute Gasteiger partial charge is 0.410 e. The van der Waals surface area contributed by atoms with Gasteiger partial charge in [-0.2, -0.15) is 0 Å². The summed E-state index contributed by atoms with van der Waals surface area (Å²) in [5.41, 5.74) is 0.256. The lowest BCUT2D eigenvalue weighted by Crippen LogP contribution is -2.53. The van der Waals surface area contributed by atoms with E-state index in [0.29, 0.717) is 30.9 Å². The van der Waals surface area contributed by atoms with Crippen LogP contribution in [0.1, 0.15) is 57.2 Å². The number of aliphatic hydroxyl groups excluding tert-OH is 1. The summed E-state index contributed by atoms with van der Waals surface area (Å²) in [5.74, 6) is 0. The molecular formula is C18H27NO4S. The third-order valence-corrected chi connectivity index (χ3v) is 5.96. The Labute approximate surface area is 149 Å². The number of carbonyl (C=O) groups excluding carboxylic acids is 1. The third kappa shape index (κ3) is 3.32. The van der Waals surface area contributed by atoms with Gasteiger partial charge in [-0.05, 0) is 52.2 Å². The fourth-order valence-electron chi connectivity index (χ4n) is 3.65. The van der Waals surface area contributed by atoms with E-state index in [-0.39, 0.29) is 12.1 Å². The van der Waals surface area contributed by atoms with E-state index in [9.17, 15) is 9.90 Å². The van der Waals surface area contributed by atoms with Crippen LogP contribution < -0.4 is 0 Å². The Morgan fingerprint density at radius 3 is 3.00 bits per heavy atom. The van der Waals surface area contributed by atoms with Crippen molar-refractivity contribution in [3.8, 4) is 0 Å². The number of hydrogen-bond acceptors (Lipinski definition) is 5. The molecule has 0 aromatic carbocycles. The molecule has 1 aromatic rings. The van der Waals surface area contributed by atoms with Crippen molar-refractivity contribution < 1.29 is 20.7 Å². The Hall–Kier alpha value is -1.11. The number of aliphatic hydroxyl groups is 1. The fraction of sp³-hybridized carbons (Fsp3) is 0.722. The second kappa shape index (κ2) is 6.32. The molecule has 24 heavy (non-hydrogen) atoms. The molecule has 1 saturated heterocycles. The first-order valence-corrected chi connectivity index (χ1v) is 9.30. The average molecular weight is 354 g/mol. The third-order valence-electron chi connectivity index (χ3n) is 4.66. The zero-order valence-corrected chi connectivity index (χ0v) is 15.6. The maximum Gasteiger partial charge on any atom is 0.410 e. The van der Waals surface area contributed by atoms with Crippen molar-refractivity contribution in [3.63, 3.8) is 0 Å². The standard InChI is InChI=1S/C18H27NO4S/c1-12-10-18(6-7-19(12)16(21)23-17(2,3)4)15-13(5-8-22-18)9-14(11-20)24-15/h9,12,20H,5-8,10-11H2,1-4H3/t12-,18+/m0/s1/i11D/t11?,12-,18+. The van der Waals surface area contributed by atoms with Crippen LogP contribution in [0, 0.1) is 0 Å². The molecule has 1 unspecified atom stereocenters. The lowest BCUT2D eigenvalue weighted by atomic mass is 9.82. The Bertz CT molecular complexity index is 654. The van der Waals surface area contributed by atoms with Crippen LogP contribution >= 0.6 is 11.3 Å². The number of fused-ring (bicyclic) bond motifs is 2. The van der Waals surface area contributed by atoms with Crippen molar-refractivity contribution in [3.05, 3.63) is 21.4 Å². The number of rotatable bonds is 1. The van der Waals surface area contributed by atoms with E-state index in [1.807, 2.05) is 33.8 Å². The van der Waals surface area contributed by atoms with Crippen LogP contribution in [0.25, 0.3) is 0 Å². The molecule has 1 N–H and O–H groups in total. The Morgan fingerprint density at radius 2 is 2.38 bits per heavy atom. The number of ether oxygens (including phenoxy) is 2. The van der Waals surface area contributed by atoms with Gasteiger partial charge in [0.2, 0.25) is 0 Å². The molecule has 3 atom stereocenters. The summed E-state index contributed by atoms with van der Waals surface area (Å²) in [7, 11) is 0. The zero-order valence-electron chi connectivity index (χ0n) is 15.8. The highest BCUT2D eigenvalue weighted by atomic mass is 32.1. The summed E-state index contributed by atoms with van der Waals surface area (Å²) in [5, 5.41) is 9.60. The molecule has 5 nitrogen and oxygen atoms in total. The normalized spacial score (nSPS) is 29.1. The van der Waals surface area contributed by atoms with Gasteiger partial charge in [-0.15, -0.1) is 11.3 Å². The quantitative estimate of drug-likeness (QED) is 0.839. The summed E-state index contributed by atoms with van der Waals surface area (Å²) < 4.78 is 19.3. The topological polar surface area (TPSA) is 59.0 Å². The summed E-state index contributed by atoms with van der Waals surface area (Å²) in [6.07, 6.45) is 1.94. The Kier molecular flexibility index (Phi) is 4.31. The Balaban J connectivity index is 1.80. The highest BCUT2D eigenvalue weighted by molar-refractivity contribution is 7.12. The predicted molar refractivity (Wildman–Crippen MR) is 93.2 cm³/mol.